The number of aliphatic hydroxyl groups excluding tert-OH is 1. The molecule has 0 aliphatic carbocycles. The molecule has 0 saturated carbocycles. The molecule has 116 valence electrons. The zero-order chi connectivity index (χ0) is 15.7. The maximum absolute atomic E-state index is 12.1. The number of hydrogen-bond acceptors (Lipinski definition) is 5. The van der Waals surface area contributed by atoms with Gasteiger partial charge in [0.05, 0.1) is 17.8 Å². The van der Waals surface area contributed by atoms with E-state index in [4.69, 9.17) is 0 Å². The molecule has 2 heterocycles. The molecule has 1 aliphatic heterocycles. The van der Waals surface area contributed by atoms with E-state index in [1.54, 1.807) is 0 Å². The fraction of sp³-hybridized carbons (Fsp3) is 0.375. The number of β-amino-alcohol motifs (C(OH)–C–C–N with tert-alkyl or cyclic N) is 1. The Balaban J connectivity index is 1.75. The highest BCUT2D eigenvalue weighted by atomic mass is 32.1. The minimum Gasteiger partial charge on any atom is -0.392 e. The van der Waals surface area contributed by atoms with E-state index in [9.17, 15) is 9.90 Å². The first kappa shape index (κ1) is 15.1. The fourth-order valence-corrected chi connectivity index (χ4v) is 3.38. The standard InChI is InChI=1S/C16H19N3O2S/c1-9-3-5-11(6-4-9)14-10(2)22-16(18-14)19-15(21)13-7-12(20)8-17-13/h3-6,12-13,17,20H,7-8H2,1-2H3,(H,18,19,21)/t12-,13-/m1/s1. The van der Waals surface area contributed by atoms with Gasteiger partial charge in [0, 0.05) is 17.0 Å². The number of nitrogens with zero attached hydrogens (tertiary/aromatic N) is 1. The summed E-state index contributed by atoms with van der Waals surface area (Å²) in [4.78, 5) is 17.7. The zero-order valence-electron chi connectivity index (χ0n) is 12.6. The first-order chi connectivity index (χ1) is 10.5. The zero-order valence-corrected chi connectivity index (χ0v) is 13.4. The van der Waals surface area contributed by atoms with Gasteiger partial charge in [-0.25, -0.2) is 4.98 Å². The maximum Gasteiger partial charge on any atom is 0.243 e. The van der Waals surface area contributed by atoms with Crippen LogP contribution in [0.25, 0.3) is 11.3 Å². The Labute approximate surface area is 133 Å². The Morgan fingerprint density at radius 1 is 1.36 bits per heavy atom. The van der Waals surface area contributed by atoms with E-state index in [2.05, 4.69) is 27.8 Å². The molecule has 1 fully saturated rings. The molecule has 1 aromatic heterocycles. The number of aryl methyl sites for hydroxylation is 2. The van der Waals surface area contributed by atoms with Gasteiger partial charge in [0.2, 0.25) is 5.91 Å². The Kier molecular flexibility index (Phi) is 4.24. The van der Waals surface area contributed by atoms with Crippen LogP contribution in [0.2, 0.25) is 0 Å². The number of rotatable bonds is 3. The Hall–Kier alpha value is -1.76. The molecule has 0 unspecified atom stereocenters. The second-order valence-corrected chi connectivity index (χ2v) is 6.83. The number of amides is 1. The van der Waals surface area contributed by atoms with Gasteiger partial charge < -0.3 is 15.7 Å². The number of aliphatic hydroxyl groups is 1. The van der Waals surface area contributed by atoms with Crippen LogP contribution in [0, 0.1) is 13.8 Å². The number of aromatic nitrogens is 1. The first-order valence-corrected chi connectivity index (χ1v) is 8.11. The lowest BCUT2D eigenvalue weighted by molar-refractivity contribution is -0.117. The molecule has 1 amide bonds. The molecule has 6 heteroatoms. The third-order valence-corrected chi connectivity index (χ3v) is 4.66. The number of benzene rings is 1. The molecule has 2 atom stereocenters. The first-order valence-electron chi connectivity index (χ1n) is 7.29. The quantitative estimate of drug-likeness (QED) is 0.810. The van der Waals surface area contributed by atoms with Gasteiger partial charge in [-0.15, -0.1) is 11.3 Å². The largest absolute Gasteiger partial charge is 0.392 e. The predicted octanol–water partition coefficient (Wildman–Crippen LogP) is 2.09. The number of anilines is 1. The second kappa shape index (κ2) is 6.16. The van der Waals surface area contributed by atoms with Crippen LogP contribution in [0.5, 0.6) is 0 Å². The van der Waals surface area contributed by atoms with Crippen molar-refractivity contribution in [1.82, 2.24) is 10.3 Å². The van der Waals surface area contributed by atoms with E-state index in [-0.39, 0.29) is 11.9 Å². The van der Waals surface area contributed by atoms with E-state index in [1.165, 1.54) is 16.9 Å². The summed E-state index contributed by atoms with van der Waals surface area (Å²) in [5.74, 6) is -0.138. The van der Waals surface area contributed by atoms with Crippen LogP contribution < -0.4 is 10.6 Å². The van der Waals surface area contributed by atoms with Crippen LogP contribution in [0.3, 0.4) is 0 Å². The summed E-state index contributed by atoms with van der Waals surface area (Å²) in [5.41, 5.74) is 3.16. The van der Waals surface area contributed by atoms with Gasteiger partial charge in [-0.1, -0.05) is 29.8 Å². The molecule has 5 nitrogen and oxygen atoms in total. The fourth-order valence-electron chi connectivity index (χ4n) is 2.54. The van der Waals surface area contributed by atoms with Crippen LogP contribution in [0.1, 0.15) is 16.9 Å². The van der Waals surface area contributed by atoms with Gasteiger partial charge in [-0.05, 0) is 20.3 Å². The van der Waals surface area contributed by atoms with Crippen molar-refractivity contribution >= 4 is 22.4 Å². The van der Waals surface area contributed by atoms with Crippen molar-refractivity contribution in [3.05, 3.63) is 34.7 Å². The summed E-state index contributed by atoms with van der Waals surface area (Å²) in [7, 11) is 0. The van der Waals surface area contributed by atoms with Crippen LogP contribution >= 0.6 is 11.3 Å². The van der Waals surface area contributed by atoms with Crippen LogP contribution in [-0.4, -0.2) is 34.7 Å². The number of carbonyl (C=O) groups is 1. The predicted molar refractivity (Wildman–Crippen MR) is 88.1 cm³/mol. The molecular weight excluding hydrogens is 298 g/mol. The van der Waals surface area contributed by atoms with Crippen LogP contribution in [-0.2, 0) is 4.79 Å². The summed E-state index contributed by atoms with van der Waals surface area (Å²) >= 11 is 1.47. The van der Waals surface area contributed by atoms with Crippen molar-refractivity contribution in [1.29, 1.82) is 0 Å². The Morgan fingerprint density at radius 2 is 2.09 bits per heavy atom. The Bertz CT molecular complexity index is 681. The van der Waals surface area contributed by atoms with Gasteiger partial charge >= 0.3 is 0 Å². The van der Waals surface area contributed by atoms with Crippen molar-refractivity contribution in [2.75, 3.05) is 11.9 Å². The molecule has 0 spiro atoms. The summed E-state index contributed by atoms with van der Waals surface area (Å²) < 4.78 is 0. The highest BCUT2D eigenvalue weighted by molar-refractivity contribution is 7.16. The number of thiazole rings is 1. The summed E-state index contributed by atoms with van der Waals surface area (Å²) in [5, 5.41) is 15.9. The molecule has 1 aliphatic rings. The maximum atomic E-state index is 12.1. The molecule has 1 saturated heterocycles. The lowest BCUT2D eigenvalue weighted by atomic mass is 10.1. The molecule has 1 aromatic carbocycles. The molecule has 0 radical (unpaired) electrons. The van der Waals surface area contributed by atoms with Crippen LogP contribution in [0.4, 0.5) is 5.13 Å². The lowest BCUT2D eigenvalue weighted by Gasteiger charge is -2.08. The van der Waals surface area contributed by atoms with Gasteiger partial charge in [-0.2, -0.15) is 0 Å². The van der Waals surface area contributed by atoms with Crippen molar-refractivity contribution in [3.63, 3.8) is 0 Å². The SMILES string of the molecule is Cc1ccc(-c2nc(NC(=O)[C@H]3C[C@@H](O)CN3)sc2C)cc1. The third kappa shape index (κ3) is 3.19. The monoisotopic (exact) mass is 317 g/mol. The molecule has 3 N–H and O–H groups in total. The highest BCUT2D eigenvalue weighted by Crippen LogP contribution is 2.30. The van der Waals surface area contributed by atoms with E-state index in [1.807, 2.05) is 26.0 Å². The second-order valence-electron chi connectivity index (χ2n) is 5.63. The van der Waals surface area contributed by atoms with Gasteiger partial charge in [0.25, 0.3) is 0 Å². The van der Waals surface area contributed by atoms with Gasteiger partial charge in [0.15, 0.2) is 5.13 Å². The Morgan fingerprint density at radius 3 is 2.73 bits per heavy atom. The third-order valence-electron chi connectivity index (χ3n) is 3.78. The van der Waals surface area contributed by atoms with Crippen molar-refractivity contribution in [2.24, 2.45) is 0 Å². The van der Waals surface area contributed by atoms with Crippen molar-refractivity contribution in [3.8, 4) is 11.3 Å². The molecule has 2 aromatic rings. The molecule has 22 heavy (non-hydrogen) atoms. The average molecular weight is 317 g/mol. The van der Waals surface area contributed by atoms with Gasteiger partial charge in [-0.3, -0.25) is 4.79 Å². The normalized spacial score (nSPS) is 21.0. The minimum atomic E-state index is -0.447. The summed E-state index contributed by atoms with van der Waals surface area (Å²) in [6.07, 6.45) is -0.00187. The molecule has 3 rings (SSSR count). The number of hydrogen-bond donors (Lipinski definition) is 3. The van der Waals surface area contributed by atoms with Crippen LogP contribution in [0.15, 0.2) is 24.3 Å². The van der Waals surface area contributed by atoms with E-state index < -0.39 is 6.10 Å². The minimum absolute atomic E-state index is 0.138. The van der Waals surface area contributed by atoms with E-state index in [0.29, 0.717) is 18.1 Å². The topological polar surface area (TPSA) is 74.2 Å². The highest BCUT2D eigenvalue weighted by Gasteiger charge is 2.28. The lowest BCUT2D eigenvalue weighted by Crippen LogP contribution is -2.35. The van der Waals surface area contributed by atoms with E-state index >= 15 is 0 Å². The number of nitrogens with one attached hydrogen (secondary N) is 2. The average Bonchev–Trinajstić information content (AvgIpc) is 3.06. The van der Waals surface area contributed by atoms with Gasteiger partial charge in [0.1, 0.15) is 0 Å². The smallest absolute Gasteiger partial charge is 0.243 e. The summed E-state index contributed by atoms with van der Waals surface area (Å²) in [6.45, 7) is 4.51. The van der Waals surface area contributed by atoms with Crippen molar-refractivity contribution < 1.29 is 9.90 Å². The molecular formula is C16H19N3O2S. The number of carbonyl (C=O) groups excluding carboxylic acids is 1. The molecule has 0 bridgehead atoms. The van der Waals surface area contributed by atoms with E-state index in [0.717, 1.165) is 16.1 Å². The van der Waals surface area contributed by atoms with Crippen molar-refractivity contribution in [2.45, 2.75) is 32.4 Å². The summed E-state index contributed by atoms with van der Waals surface area (Å²) in [6, 6.07) is 7.84.